The summed E-state index contributed by atoms with van der Waals surface area (Å²) in [6.07, 6.45) is 1.33. The molecule has 23 heavy (non-hydrogen) atoms. The van der Waals surface area contributed by atoms with Crippen LogP contribution in [0.5, 0.6) is 5.75 Å². The molecule has 2 aromatic rings. The average Bonchev–Trinajstić information content (AvgIpc) is 2.83. The second kappa shape index (κ2) is 8.06. The number of nitrogens with zero attached hydrogens (tertiary/aromatic N) is 2. The minimum atomic E-state index is -0.582. The first-order valence-electron chi connectivity index (χ1n) is 6.10. The lowest BCUT2D eigenvalue weighted by atomic mass is 10.3. The highest BCUT2D eigenvalue weighted by atomic mass is 127. The summed E-state index contributed by atoms with van der Waals surface area (Å²) in [6, 6.07) is 7.49. The van der Waals surface area contributed by atoms with Crippen molar-refractivity contribution >= 4 is 56.3 Å². The Balaban J connectivity index is 1.87. The van der Waals surface area contributed by atoms with Crippen LogP contribution in [-0.4, -0.2) is 23.7 Å². The monoisotopic (exact) mass is 493 g/mol. The Kier molecular flexibility index (Phi) is 6.10. The molecule has 1 N–H and O–H groups in total. The molecule has 1 aromatic heterocycles. The number of carbonyl (C=O) groups excluding carboxylic acids is 1. The molecule has 1 amide bonds. The summed E-state index contributed by atoms with van der Waals surface area (Å²) in [5, 5.41) is 14.5. The summed E-state index contributed by atoms with van der Waals surface area (Å²) in [5.41, 5.74) is 2.03. The van der Waals surface area contributed by atoms with Crippen LogP contribution in [0.4, 0.5) is 5.69 Å². The Hall–Kier alpha value is -1.95. The third kappa shape index (κ3) is 5.03. The van der Waals surface area contributed by atoms with Crippen molar-refractivity contribution in [3.63, 3.8) is 0 Å². The van der Waals surface area contributed by atoms with Crippen molar-refractivity contribution in [2.24, 2.45) is 5.10 Å². The third-order valence-corrected chi connectivity index (χ3v) is 4.60. The Bertz CT molecular complexity index is 742. The van der Waals surface area contributed by atoms with Gasteiger partial charge in [-0.1, -0.05) is 12.1 Å². The summed E-state index contributed by atoms with van der Waals surface area (Å²) in [6.45, 7) is -0.401. The topological polar surface area (TPSA) is 107 Å². The fourth-order valence-corrected chi connectivity index (χ4v) is 2.22. The van der Waals surface area contributed by atoms with Crippen molar-refractivity contribution in [1.29, 1.82) is 0 Å². The van der Waals surface area contributed by atoms with Crippen LogP contribution in [0, 0.1) is 13.9 Å². The fourth-order valence-electron chi connectivity index (χ4n) is 1.50. The van der Waals surface area contributed by atoms with Gasteiger partial charge in [-0.25, -0.2) is 5.43 Å². The zero-order valence-corrected chi connectivity index (χ0v) is 15.1. The Labute approximate surface area is 152 Å². The molecule has 0 aliphatic heterocycles. The summed E-state index contributed by atoms with van der Waals surface area (Å²) in [7, 11) is 0. The molecule has 0 radical (unpaired) electrons. The van der Waals surface area contributed by atoms with Crippen molar-refractivity contribution in [3.05, 3.63) is 54.4 Å². The predicted octanol–water partition coefficient (Wildman–Crippen LogP) is 3.08. The first-order chi connectivity index (χ1) is 11.0. The molecule has 0 saturated carbocycles. The lowest BCUT2D eigenvalue weighted by Crippen LogP contribution is -2.24. The molecule has 0 unspecified atom stereocenters. The van der Waals surface area contributed by atoms with Gasteiger partial charge in [0.2, 0.25) is 0 Å². The molecule has 2 rings (SSSR count). The number of furan rings is 1. The van der Waals surface area contributed by atoms with Gasteiger partial charge in [-0.3, -0.25) is 14.9 Å². The van der Waals surface area contributed by atoms with Crippen LogP contribution >= 0.6 is 38.5 Å². The van der Waals surface area contributed by atoms with Crippen LogP contribution < -0.4 is 10.2 Å². The Morgan fingerprint density at radius 2 is 2.26 bits per heavy atom. The van der Waals surface area contributed by atoms with E-state index in [9.17, 15) is 14.9 Å². The van der Waals surface area contributed by atoms with Crippen LogP contribution in [0.2, 0.25) is 0 Å². The highest BCUT2D eigenvalue weighted by molar-refractivity contribution is 14.1. The van der Waals surface area contributed by atoms with E-state index in [0.717, 1.165) is 4.47 Å². The number of benzene rings is 1. The van der Waals surface area contributed by atoms with Crippen molar-refractivity contribution in [2.75, 3.05) is 6.61 Å². The number of hydrogen-bond donors (Lipinski definition) is 1. The van der Waals surface area contributed by atoms with Gasteiger partial charge in [-0.2, -0.15) is 5.10 Å². The molecule has 0 spiro atoms. The normalized spacial score (nSPS) is 10.7. The van der Waals surface area contributed by atoms with Gasteiger partial charge in [0.1, 0.15) is 5.76 Å². The van der Waals surface area contributed by atoms with Crippen molar-refractivity contribution in [1.82, 2.24) is 5.43 Å². The molecule has 0 aliphatic carbocycles. The van der Waals surface area contributed by atoms with Crippen molar-refractivity contribution < 1.29 is 18.9 Å². The van der Waals surface area contributed by atoms with E-state index in [2.05, 4.69) is 26.5 Å². The van der Waals surface area contributed by atoms with E-state index in [0.29, 0.717) is 9.53 Å². The summed E-state index contributed by atoms with van der Waals surface area (Å²) < 4.78 is 11.9. The highest BCUT2D eigenvalue weighted by Crippen LogP contribution is 2.25. The second-order valence-corrected chi connectivity index (χ2v) is 5.91. The van der Waals surface area contributed by atoms with Crippen molar-refractivity contribution in [2.45, 2.75) is 0 Å². The zero-order valence-electron chi connectivity index (χ0n) is 11.4. The number of nitrogens with one attached hydrogen (secondary N) is 1. The van der Waals surface area contributed by atoms with Crippen LogP contribution in [0.3, 0.4) is 0 Å². The standard InChI is InChI=1S/C13H9BrIN3O5/c14-9-5-8(23-13(9)15)6-16-17-12(19)7-22-11-4-2-1-3-10(11)18(20)21/h1-6H,7H2,(H,17,19)/b16-6+. The lowest BCUT2D eigenvalue weighted by Gasteiger charge is -2.05. The van der Waals surface area contributed by atoms with Gasteiger partial charge in [0.15, 0.2) is 16.1 Å². The molecule has 0 aliphatic rings. The molecule has 1 aromatic carbocycles. The Morgan fingerprint density at radius 3 is 2.91 bits per heavy atom. The van der Waals surface area contributed by atoms with Gasteiger partial charge >= 0.3 is 5.69 Å². The van der Waals surface area contributed by atoms with Crippen LogP contribution in [0.1, 0.15) is 5.76 Å². The summed E-state index contributed by atoms with van der Waals surface area (Å²) in [4.78, 5) is 21.8. The number of nitro benzene ring substituents is 1. The minimum absolute atomic E-state index is 0.0150. The van der Waals surface area contributed by atoms with E-state index in [1.807, 2.05) is 22.6 Å². The van der Waals surface area contributed by atoms with E-state index >= 15 is 0 Å². The Morgan fingerprint density at radius 1 is 1.52 bits per heavy atom. The van der Waals surface area contributed by atoms with E-state index in [1.54, 1.807) is 12.1 Å². The van der Waals surface area contributed by atoms with Gasteiger partial charge in [-0.05, 0) is 22.0 Å². The number of nitro groups is 1. The average molecular weight is 494 g/mol. The fraction of sp³-hybridized carbons (Fsp3) is 0.0769. The van der Waals surface area contributed by atoms with Crippen LogP contribution in [0.15, 0.2) is 44.3 Å². The molecule has 8 nitrogen and oxygen atoms in total. The zero-order chi connectivity index (χ0) is 16.8. The molecule has 0 bridgehead atoms. The van der Waals surface area contributed by atoms with Gasteiger partial charge < -0.3 is 9.15 Å². The largest absolute Gasteiger partial charge is 0.477 e. The molecule has 0 saturated heterocycles. The van der Waals surface area contributed by atoms with Gasteiger partial charge in [0.25, 0.3) is 5.91 Å². The van der Waals surface area contributed by atoms with Crippen molar-refractivity contribution in [3.8, 4) is 5.75 Å². The first-order valence-corrected chi connectivity index (χ1v) is 7.97. The van der Waals surface area contributed by atoms with Gasteiger partial charge in [0.05, 0.1) is 15.6 Å². The van der Waals surface area contributed by atoms with E-state index in [1.165, 1.54) is 24.4 Å². The molecular weight excluding hydrogens is 485 g/mol. The molecule has 120 valence electrons. The second-order valence-electron chi connectivity index (χ2n) is 4.08. The molecule has 0 atom stereocenters. The quantitative estimate of drug-likeness (QED) is 0.288. The number of amides is 1. The van der Waals surface area contributed by atoms with E-state index in [4.69, 9.17) is 9.15 Å². The minimum Gasteiger partial charge on any atom is -0.477 e. The number of carbonyl (C=O) groups is 1. The molecule has 0 fully saturated rings. The summed E-state index contributed by atoms with van der Waals surface area (Å²) >= 11 is 5.28. The number of hydrazone groups is 1. The maximum Gasteiger partial charge on any atom is 0.310 e. The molecule has 10 heteroatoms. The molecular formula is C13H9BrIN3O5. The third-order valence-electron chi connectivity index (χ3n) is 2.47. The number of para-hydroxylation sites is 2. The van der Waals surface area contributed by atoms with Crippen LogP contribution in [0.25, 0.3) is 0 Å². The maximum absolute atomic E-state index is 11.6. The van der Waals surface area contributed by atoms with E-state index in [-0.39, 0.29) is 11.4 Å². The SMILES string of the molecule is O=C(COc1ccccc1[N+](=O)[O-])N/N=C/c1cc(Br)c(I)o1. The highest BCUT2D eigenvalue weighted by Gasteiger charge is 2.14. The number of halogens is 2. The molecule has 1 heterocycles. The number of ether oxygens (including phenoxy) is 1. The van der Waals surface area contributed by atoms with E-state index < -0.39 is 17.4 Å². The number of rotatable bonds is 6. The maximum atomic E-state index is 11.6. The summed E-state index contributed by atoms with van der Waals surface area (Å²) in [5.74, 6) is -0.0814. The van der Waals surface area contributed by atoms with Gasteiger partial charge in [-0.15, -0.1) is 0 Å². The lowest BCUT2D eigenvalue weighted by molar-refractivity contribution is -0.385. The smallest absolute Gasteiger partial charge is 0.310 e. The first kappa shape index (κ1) is 17.4. The predicted molar refractivity (Wildman–Crippen MR) is 93.5 cm³/mol. The van der Waals surface area contributed by atoms with Crippen LogP contribution in [-0.2, 0) is 4.79 Å². The number of hydrogen-bond acceptors (Lipinski definition) is 6. The van der Waals surface area contributed by atoms with Gasteiger partial charge in [0, 0.05) is 34.7 Å².